The van der Waals surface area contributed by atoms with Crippen molar-refractivity contribution in [2.75, 3.05) is 25.1 Å². The number of aromatic hydroxyl groups is 1. The molecule has 0 aliphatic heterocycles. The van der Waals surface area contributed by atoms with Crippen LogP contribution in [-0.4, -0.2) is 57.6 Å². The van der Waals surface area contributed by atoms with Crippen molar-refractivity contribution in [3.05, 3.63) is 95.2 Å². The van der Waals surface area contributed by atoms with Crippen LogP contribution >= 0.6 is 0 Å². The zero-order chi connectivity index (χ0) is 31.2. The molecule has 1 heterocycles. The average molecular weight is 585 g/mol. The highest BCUT2D eigenvalue weighted by atomic mass is 16.5. The number of rotatable bonds is 13. The van der Waals surface area contributed by atoms with Gasteiger partial charge in [-0.25, -0.2) is 4.79 Å². The maximum absolute atomic E-state index is 13.3. The molecule has 0 aliphatic rings. The van der Waals surface area contributed by atoms with Crippen molar-refractivity contribution >= 4 is 17.4 Å². The summed E-state index contributed by atoms with van der Waals surface area (Å²) in [5, 5.41) is 31.7. The standard InChI is InChI=1S/C24H31NO4.C10H9N3O/c1-4-7-8-12-15-18-21(23(27)17-13-10-9-11-14-17)20(26)16-19(24(28)29)22(18)25(5-2)6-3;1-14-9-7-11-13-12-10(9)8-5-3-2-4-6-8/h9-11,13-14,16,26H,4-8,12,15H2,1-3H3,(H,28,29);2-7H,1H3. The van der Waals surface area contributed by atoms with Crippen LogP contribution in [0.2, 0.25) is 0 Å². The molecule has 0 unspecified atom stereocenters. The monoisotopic (exact) mass is 584 g/mol. The lowest BCUT2D eigenvalue weighted by atomic mass is 9.89. The van der Waals surface area contributed by atoms with Gasteiger partial charge in [-0.15, -0.1) is 10.2 Å². The lowest BCUT2D eigenvalue weighted by molar-refractivity contribution is 0.0696. The minimum Gasteiger partial charge on any atom is -0.507 e. The zero-order valence-electron chi connectivity index (χ0n) is 25.3. The van der Waals surface area contributed by atoms with Crippen LogP contribution in [0, 0.1) is 0 Å². The molecule has 0 bridgehead atoms. The fourth-order valence-corrected chi connectivity index (χ4v) is 4.94. The number of anilines is 1. The Morgan fingerprint density at radius 1 is 0.907 bits per heavy atom. The predicted octanol–water partition coefficient (Wildman–Crippen LogP) is 6.84. The van der Waals surface area contributed by atoms with Gasteiger partial charge >= 0.3 is 5.97 Å². The quantitative estimate of drug-likeness (QED) is 0.128. The van der Waals surface area contributed by atoms with Crippen LogP contribution in [-0.2, 0) is 6.42 Å². The van der Waals surface area contributed by atoms with E-state index in [0.29, 0.717) is 47.8 Å². The van der Waals surface area contributed by atoms with Gasteiger partial charge in [-0.1, -0.05) is 86.8 Å². The SMILES string of the molecule is CCCCCCc1c(C(=O)c2ccccc2)c(O)cc(C(=O)O)c1N(CC)CC.COc1cnnnc1-c1ccccc1. The molecule has 226 valence electrons. The van der Waals surface area contributed by atoms with Gasteiger partial charge in [-0.3, -0.25) is 4.79 Å². The second-order valence-electron chi connectivity index (χ2n) is 9.85. The molecule has 9 heteroatoms. The first kappa shape index (κ1) is 32.7. The molecular weight excluding hydrogens is 544 g/mol. The Labute approximate surface area is 253 Å². The Kier molecular flexibility index (Phi) is 12.6. The highest BCUT2D eigenvalue weighted by Crippen LogP contribution is 2.37. The third-order valence-electron chi connectivity index (χ3n) is 7.11. The Balaban J connectivity index is 0.000000299. The van der Waals surface area contributed by atoms with Crippen molar-refractivity contribution in [3.63, 3.8) is 0 Å². The highest BCUT2D eigenvalue weighted by Gasteiger charge is 2.28. The van der Waals surface area contributed by atoms with Crippen LogP contribution in [0.25, 0.3) is 11.3 Å². The molecule has 9 nitrogen and oxygen atoms in total. The molecule has 0 saturated heterocycles. The van der Waals surface area contributed by atoms with Gasteiger partial charge in [0.05, 0.1) is 30.1 Å². The maximum atomic E-state index is 13.3. The molecule has 4 aromatic rings. The van der Waals surface area contributed by atoms with E-state index in [-0.39, 0.29) is 22.7 Å². The Hall–Kier alpha value is -4.79. The predicted molar refractivity (Wildman–Crippen MR) is 168 cm³/mol. The molecule has 3 aromatic carbocycles. The maximum Gasteiger partial charge on any atom is 0.337 e. The number of ether oxygens (including phenoxy) is 1. The highest BCUT2D eigenvalue weighted by molar-refractivity contribution is 6.13. The van der Waals surface area contributed by atoms with Gasteiger partial charge in [-0.2, -0.15) is 0 Å². The third-order valence-corrected chi connectivity index (χ3v) is 7.11. The number of carboxylic acid groups (broad SMARTS) is 1. The number of carbonyl (C=O) groups excluding carboxylic acids is 1. The molecule has 0 saturated carbocycles. The number of carbonyl (C=O) groups is 2. The van der Waals surface area contributed by atoms with Crippen LogP contribution in [0.3, 0.4) is 0 Å². The topological polar surface area (TPSA) is 126 Å². The number of methoxy groups -OCH3 is 1. The fourth-order valence-electron chi connectivity index (χ4n) is 4.94. The molecule has 43 heavy (non-hydrogen) atoms. The fraction of sp³-hybridized carbons (Fsp3) is 0.324. The van der Waals surface area contributed by atoms with Crippen molar-refractivity contribution in [1.82, 2.24) is 15.4 Å². The molecule has 4 rings (SSSR count). The van der Waals surface area contributed by atoms with E-state index in [4.69, 9.17) is 4.74 Å². The second-order valence-corrected chi connectivity index (χ2v) is 9.85. The van der Waals surface area contributed by atoms with E-state index < -0.39 is 5.97 Å². The Morgan fingerprint density at radius 2 is 1.56 bits per heavy atom. The molecule has 0 spiro atoms. The summed E-state index contributed by atoms with van der Waals surface area (Å²) in [7, 11) is 1.59. The molecule has 0 radical (unpaired) electrons. The summed E-state index contributed by atoms with van der Waals surface area (Å²) in [5.41, 5.74) is 3.61. The van der Waals surface area contributed by atoms with Crippen molar-refractivity contribution in [2.24, 2.45) is 0 Å². The Bertz CT molecular complexity index is 1480. The van der Waals surface area contributed by atoms with E-state index in [2.05, 4.69) is 22.3 Å². The van der Waals surface area contributed by atoms with Crippen molar-refractivity contribution in [3.8, 4) is 22.8 Å². The molecule has 0 amide bonds. The first-order valence-corrected chi connectivity index (χ1v) is 14.6. The summed E-state index contributed by atoms with van der Waals surface area (Å²) >= 11 is 0. The normalized spacial score (nSPS) is 10.4. The number of aromatic nitrogens is 3. The molecular formula is C34H40N4O5. The first-order valence-electron chi connectivity index (χ1n) is 14.6. The third kappa shape index (κ3) is 8.38. The number of hydrogen-bond donors (Lipinski definition) is 2. The van der Waals surface area contributed by atoms with Crippen LogP contribution in [0.1, 0.15) is 78.3 Å². The summed E-state index contributed by atoms with van der Waals surface area (Å²) in [6.45, 7) is 7.27. The van der Waals surface area contributed by atoms with Gasteiger partial charge in [0, 0.05) is 24.2 Å². The zero-order valence-corrected chi connectivity index (χ0v) is 25.3. The summed E-state index contributed by atoms with van der Waals surface area (Å²) in [6, 6.07) is 19.8. The second kappa shape index (κ2) is 16.6. The van der Waals surface area contributed by atoms with Crippen molar-refractivity contribution < 1.29 is 24.5 Å². The number of phenols is 1. The van der Waals surface area contributed by atoms with Gasteiger partial charge < -0.3 is 19.8 Å². The molecule has 0 atom stereocenters. The first-order chi connectivity index (χ1) is 20.9. The number of aromatic carboxylic acids is 1. The number of ketones is 1. The lowest BCUT2D eigenvalue weighted by Crippen LogP contribution is -2.27. The van der Waals surface area contributed by atoms with E-state index in [0.717, 1.165) is 31.2 Å². The van der Waals surface area contributed by atoms with E-state index in [1.54, 1.807) is 37.6 Å². The van der Waals surface area contributed by atoms with E-state index in [9.17, 15) is 19.8 Å². The van der Waals surface area contributed by atoms with Crippen LogP contribution in [0.5, 0.6) is 11.5 Å². The number of phenolic OH excluding ortho intramolecular Hbond substituents is 1. The molecule has 1 aromatic heterocycles. The summed E-state index contributed by atoms with van der Waals surface area (Å²) in [6.07, 6.45) is 6.08. The van der Waals surface area contributed by atoms with E-state index >= 15 is 0 Å². The lowest BCUT2D eigenvalue weighted by Gasteiger charge is -2.28. The number of hydrogen-bond acceptors (Lipinski definition) is 8. The minimum absolute atomic E-state index is 0.0429. The van der Waals surface area contributed by atoms with Crippen molar-refractivity contribution in [1.29, 1.82) is 0 Å². The van der Waals surface area contributed by atoms with Crippen LogP contribution in [0.4, 0.5) is 5.69 Å². The summed E-state index contributed by atoms with van der Waals surface area (Å²) < 4.78 is 5.13. The summed E-state index contributed by atoms with van der Waals surface area (Å²) in [5.74, 6) is -1.02. The van der Waals surface area contributed by atoms with E-state index in [1.165, 1.54) is 6.07 Å². The van der Waals surface area contributed by atoms with Gasteiger partial charge in [0.25, 0.3) is 0 Å². The van der Waals surface area contributed by atoms with Gasteiger partial charge in [0.15, 0.2) is 11.5 Å². The average Bonchev–Trinajstić information content (AvgIpc) is 3.05. The van der Waals surface area contributed by atoms with Gasteiger partial charge in [-0.05, 0) is 43.5 Å². The number of nitrogens with zero attached hydrogens (tertiary/aromatic N) is 4. The molecule has 2 N–H and O–H groups in total. The van der Waals surface area contributed by atoms with E-state index in [1.807, 2.05) is 55.1 Å². The van der Waals surface area contributed by atoms with Crippen LogP contribution < -0.4 is 9.64 Å². The van der Waals surface area contributed by atoms with Crippen LogP contribution in [0.15, 0.2) is 72.9 Å². The van der Waals surface area contributed by atoms with Crippen molar-refractivity contribution in [2.45, 2.75) is 52.9 Å². The van der Waals surface area contributed by atoms with Gasteiger partial charge in [0.1, 0.15) is 11.4 Å². The molecule has 0 aliphatic carbocycles. The largest absolute Gasteiger partial charge is 0.507 e. The smallest absolute Gasteiger partial charge is 0.337 e. The minimum atomic E-state index is -1.10. The van der Waals surface area contributed by atoms with Gasteiger partial charge in [0.2, 0.25) is 0 Å². The number of unbranched alkanes of at least 4 members (excludes halogenated alkanes) is 3. The number of benzene rings is 3. The molecule has 0 fully saturated rings. The summed E-state index contributed by atoms with van der Waals surface area (Å²) in [4.78, 5) is 27.2. The Morgan fingerprint density at radius 3 is 2.14 bits per heavy atom. The number of carboxylic acids is 1.